The highest BCUT2D eigenvalue weighted by atomic mass is 16.5. The lowest BCUT2D eigenvalue weighted by atomic mass is 10.1. The molecule has 2 aromatic rings. The van der Waals surface area contributed by atoms with Gasteiger partial charge in [0.2, 0.25) is 0 Å². The number of benzene rings is 1. The van der Waals surface area contributed by atoms with Gasteiger partial charge in [-0.05, 0) is 48.6 Å². The number of aromatic carboxylic acids is 1. The SMILES string of the molecule is Cn1nc(C(=O)O)cc1COc1ccc2c(c1)CCC2. The summed E-state index contributed by atoms with van der Waals surface area (Å²) in [6, 6.07) is 7.70. The third kappa shape index (κ3) is 2.39. The summed E-state index contributed by atoms with van der Waals surface area (Å²) < 4.78 is 7.28. The second-order valence-corrected chi connectivity index (χ2v) is 5.02. The van der Waals surface area contributed by atoms with Crippen molar-refractivity contribution in [2.24, 2.45) is 7.05 Å². The summed E-state index contributed by atoms with van der Waals surface area (Å²) in [6.07, 6.45) is 3.48. The first-order valence-corrected chi connectivity index (χ1v) is 6.64. The van der Waals surface area contributed by atoms with Gasteiger partial charge in [-0.3, -0.25) is 4.68 Å². The molecule has 0 bridgehead atoms. The first-order chi connectivity index (χ1) is 9.63. The van der Waals surface area contributed by atoms with Gasteiger partial charge in [-0.25, -0.2) is 4.79 Å². The van der Waals surface area contributed by atoms with Crippen molar-refractivity contribution in [3.63, 3.8) is 0 Å². The number of aryl methyl sites for hydroxylation is 3. The van der Waals surface area contributed by atoms with Crippen molar-refractivity contribution >= 4 is 5.97 Å². The molecule has 1 aliphatic carbocycles. The molecule has 3 rings (SSSR count). The van der Waals surface area contributed by atoms with Crippen LogP contribution < -0.4 is 4.74 Å². The first-order valence-electron chi connectivity index (χ1n) is 6.64. The van der Waals surface area contributed by atoms with E-state index in [9.17, 15) is 4.79 Å². The van der Waals surface area contributed by atoms with Gasteiger partial charge >= 0.3 is 5.97 Å². The van der Waals surface area contributed by atoms with E-state index in [1.165, 1.54) is 28.3 Å². The van der Waals surface area contributed by atoms with Crippen LogP contribution in [0.2, 0.25) is 0 Å². The number of nitrogens with zero attached hydrogens (tertiary/aromatic N) is 2. The molecule has 1 aliphatic rings. The van der Waals surface area contributed by atoms with Crippen LogP contribution in [0.5, 0.6) is 5.75 Å². The van der Waals surface area contributed by atoms with Crippen molar-refractivity contribution in [3.05, 3.63) is 46.8 Å². The number of ether oxygens (including phenoxy) is 1. The average Bonchev–Trinajstić information content (AvgIpc) is 3.02. The summed E-state index contributed by atoms with van der Waals surface area (Å²) in [5.41, 5.74) is 3.55. The Kier molecular flexibility index (Phi) is 3.18. The van der Waals surface area contributed by atoms with E-state index < -0.39 is 5.97 Å². The summed E-state index contributed by atoms with van der Waals surface area (Å²) in [6.45, 7) is 0.315. The lowest BCUT2D eigenvalue weighted by Gasteiger charge is -2.08. The molecule has 0 saturated carbocycles. The largest absolute Gasteiger partial charge is 0.487 e. The van der Waals surface area contributed by atoms with Gasteiger partial charge in [-0.1, -0.05) is 6.07 Å². The maximum Gasteiger partial charge on any atom is 0.356 e. The highest BCUT2D eigenvalue weighted by molar-refractivity contribution is 5.85. The molecule has 0 unspecified atom stereocenters. The lowest BCUT2D eigenvalue weighted by Crippen LogP contribution is -2.03. The Hall–Kier alpha value is -2.30. The Bertz CT molecular complexity index is 661. The normalized spacial score (nSPS) is 13.2. The molecule has 1 heterocycles. The molecule has 1 aromatic heterocycles. The van der Waals surface area contributed by atoms with Gasteiger partial charge in [0.1, 0.15) is 12.4 Å². The van der Waals surface area contributed by atoms with Crippen LogP contribution in [-0.4, -0.2) is 20.9 Å². The van der Waals surface area contributed by atoms with Crippen LogP contribution in [0.3, 0.4) is 0 Å². The fourth-order valence-electron chi connectivity index (χ4n) is 2.54. The number of hydrogen-bond acceptors (Lipinski definition) is 3. The van der Waals surface area contributed by atoms with Crippen LogP contribution in [0.4, 0.5) is 0 Å². The van der Waals surface area contributed by atoms with E-state index in [-0.39, 0.29) is 5.69 Å². The maximum atomic E-state index is 10.9. The topological polar surface area (TPSA) is 64.4 Å². The number of aromatic nitrogens is 2. The number of fused-ring (bicyclic) bond motifs is 1. The smallest absolute Gasteiger partial charge is 0.356 e. The van der Waals surface area contributed by atoms with Gasteiger partial charge in [0, 0.05) is 7.05 Å². The Morgan fingerprint density at radius 1 is 1.35 bits per heavy atom. The third-order valence-electron chi connectivity index (χ3n) is 3.65. The standard InChI is InChI=1S/C15H16N2O3/c1-17-12(8-14(16-17)15(18)19)9-20-13-6-5-10-3-2-4-11(10)7-13/h5-8H,2-4,9H2,1H3,(H,18,19). The molecule has 104 valence electrons. The van der Waals surface area contributed by atoms with Crippen LogP contribution in [0, 0.1) is 0 Å². The molecule has 0 saturated heterocycles. The molecule has 5 nitrogen and oxygen atoms in total. The number of carboxylic acid groups (broad SMARTS) is 1. The second kappa shape index (κ2) is 5.00. The molecule has 20 heavy (non-hydrogen) atoms. The van der Waals surface area contributed by atoms with Gasteiger partial charge < -0.3 is 9.84 Å². The molecular formula is C15H16N2O3. The highest BCUT2D eigenvalue weighted by Gasteiger charge is 2.13. The summed E-state index contributed by atoms with van der Waals surface area (Å²) in [4.78, 5) is 10.9. The van der Waals surface area contributed by atoms with Crippen molar-refractivity contribution < 1.29 is 14.6 Å². The Balaban J connectivity index is 1.72. The highest BCUT2D eigenvalue weighted by Crippen LogP contribution is 2.26. The zero-order valence-electron chi connectivity index (χ0n) is 11.3. The molecule has 5 heteroatoms. The summed E-state index contributed by atoms with van der Waals surface area (Å²) >= 11 is 0. The number of hydrogen-bond donors (Lipinski definition) is 1. The summed E-state index contributed by atoms with van der Waals surface area (Å²) in [5.74, 6) is -0.201. The Morgan fingerprint density at radius 3 is 2.90 bits per heavy atom. The number of rotatable bonds is 4. The van der Waals surface area contributed by atoms with Gasteiger partial charge in [-0.2, -0.15) is 5.10 Å². The van der Waals surface area contributed by atoms with E-state index in [4.69, 9.17) is 9.84 Å². The zero-order valence-corrected chi connectivity index (χ0v) is 11.3. The Morgan fingerprint density at radius 2 is 2.15 bits per heavy atom. The van der Waals surface area contributed by atoms with E-state index in [1.54, 1.807) is 7.05 Å². The summed E-state index contributed by atoms with van der Waals surface area (Å²) in [5, 5.41) is 12.8. The fraction of sp³-hybridized carbons (Fsp3) is 0.333. The van der Waals surface area contributed by atoms with Gasteiger partial charge in [-0.15, -0.1) is 0 Å². The minimum absolute atomic E-state index is 0.0417. The predicted molar refractivity (Wildman–Crippen MR) is 73.0 cm³/mol. The van der Waals surface area contributed by atoms with E-state index in [0.29, 0.717) is 6.61 Å². The minimum Gasteiger partial charge on any atom is -0.487 e. The predicted octanol–water partition coefficient (Wildman–Crippen LogP) is 2.19. The monoisotopic (exact) mass is 272 g/mol. The van der Waals surface area contributed by atoms with Gasteiger partial charge in [0.15, 0.2) is 5.69 Å². The van der Waals surface area contributed by atoms with Gasteiger partial charge in [0.05, 0.1) is 5.69 Å². The van der Waals surface area contributed by atoms with Crippen molar-refractivity contribution in [3.8, 4) is 5.75 Å². The quantitative estimate of drug-likeness (QED) is 0.926. The summed E-state index contributed by atoms with van der Waals surface area (Å²) in [7, 11) is 1.72. The Labute approximate surface area is 116 Å². The number of carboxylic acids is 1. The molecule has 0 fully saturated rings. The van der Waals surface area contributed by atoms with E-state index in [0.717, 1.165) is 24.3 Å². The van der Waals surface area contributed by atoms with Crippen molar-refractivity contribution in [2.75, 3.05) is 0 Å². The van der Waals surface area contributed by atoms with Crippen molar-refractivity contribution in [2.45, 2.75) is 25.9 Å². The van der Waals surface area contributed by atoms with E-state index in [2.05, 4.69) is 17.2 Å². The van der Waals surface area contributed by atoms with Crippen LogP contribution in [0.1, 0.15) is 33.7 Å². The van der Waals surface area contributed by atoms with E-state index in [1.807, 2.05) is 6.07 Å². The van der Waals surface area contributed by atoms with Crippen LogP contribution in [0.15, 0.2) is 24.3 Å². The zero-order chi connectivity index (χ0) is 14.1. The minimum atomic E-state index is -1.02. The number of carbonyl (C=O) groups is 1. The van der Waals surface area contributed by atoms with Gasteiger partial charge in [0.25, 0.3) is 0 Å². The van der Waals surface area contributed by atoms with Crippen LogP contribution >= 0.6 is 0 Å². The fourth-order valence-corrected chi connectivity index (χ4v) is 2.54. The molecular weight excluding hydrogens is 256 g/mol. The molecule has 0 amide bonds. The molecule has 0 aliphatic heterocycles. The molecule has 1 N–H and O–H groups in total. The maximum absolute atomic E-state index is 10.9. The lowest BCUT2D eigenvalue weighted by molar-refractivity contribution is 0.0689. The molecule has 0 radical (unpaired) electrons. The third-order valence-corrected chi connectivity index (χ3v) is 3.65. The first kappa shape index (κ1) is 12.7. The van der Waals surface area contributed by atoms with Crippen LogP contribution in [-0.2, 0) is 26.5 Å². The van der Waals surface area contributed by atoms with E-state index >= 15 is 0 Å². The second-order valence-electron chi connectivity index (χ2n) is 5.02. The molecule has 0 atom stereocenters. The van der Waals surface area contributed by atoms with Crippen molar-refractivity contribution in [1.82, 2.24) is 9.78 Å². The van der Waals surface area contributed by atoms with Crippen molar-refractivity contribution in [1.29, 1.82) is 0 Å². The molecule has 0 spiro atoms. The van der Waals surface area contributed by atoms with Crippen LogP contribution in [0.25, 0.3) is 0 Å². The molecule has 1 aromatic carbocycles. The average molecular weight is 272 g/mol.